The number of hydrogen-bond acceptors (Lipinski definition) is 3. The lowest BCUT2D eigenvalue weighted by molar-refractivity contribution is -0.137. The first-order valence-corrected chi connectivity index (χ1v) is 6.87. The molecule has 0 aromatic heterocycles. The third-order valence-electron chi connectivity index (χ3n) is 3.10. The lowest BCUT2D eigenvalue weighted by Crippen LogP contribution is -2.38. The van der Waals surface area contributed by atoms with Gasteiger partial charge in [-0.15, -0.1) is 0 Å². The number of carboxylic acids is 1. The molecule has 0 heterocycles. The van der Waals surface area contributed by atoms with Crippen molar-refractivity contribution >= 4 is 12.0 Å². The summed E-state index contributed by atoms with van der Waals surface area (Å²) in [6.07, 6.45) is 1.19. The van der Waals surface area contributed by atoms with Gasteiger partial charge in [-0.1, -0.05) is 18.2 Å². The Morgan fingerprint density at radius 1 is 1.33 bits per heavy atom. The maximum absolute atomic E-state index is 11.8. The Labute approximate surface area is 124 Å². The number of methoxy groups -OCH3 is 1. The van der Waals surface area contributed by atoms with E-state index < -0.39 is 5.97 Å². The van der Waals surface area contributed by atoms with Crippen LogP contribution < -0.4 is 10.1 Å². The number of nitrogens with one attached hydrogen (secondary N) is 1. The first kappa shape index (κ1) is 16.8. The van der Waals surface area contributed by atoms with Crippen LogP contribution in [0.15, 0.2) is 24.3 Å². The van der Waals surface area contributed by atoms with E-state index in [1.165, 1.54) is 0 Å². The highest BCUT2D eigenvalue weighted by Crippen LogP contribution is 2.17. The Kier molecular flexibility index (Phi) is 7.08. The molecule has 0 aliphatic rings. The van der Waals surface area contributed by atoms with E-state index in [1.807, 2.05) is 24.3 Å². The van der Waals surface area contributed by atoms with E-state index in [-0.39, 0.29) is 12.5 Å². The van der Waals surface area contributed by atoms with Crippen LogP contribution in [0.1, 0.15) is 18.4 Å². The summed E-state index contributed by atoms with van der Waals surface area (Å²) in [6.45, 7) is 0.926. The molecular formula is C15H22N2O4. The van der Waals surface area contributed by atoms with Crippen LogP contribution in [0.4, 0.5) is 4.79 Å². The average molecular weight is 294 g/mol. The quantitative estimate of drug-likeness (QED) is 0.716. The molecule has 2 amide bonds. The van der Waals surface area contributed by atoms with Crippen molar-refractivity contribution in [1.82, 2.24) is 10.2 Å². The van der Waals surface area contributed by atoms with Crippen molar-refractivity contribution in [3.8, 4) is 5.75 Å². The van der Waals surface area contributed by atoms with Gasteiger partial charge in [-0.3, -0.25) is 4.79 Å². The number of likely N-dealkylation sites (N-methyl/N-ethyl adjacent to an activating group) is 1. The third-order valence-corrected chi connectivity index (χ3v) is 3.10. The summed E-state index contributed by atoms with van der Waals surface area (Å²) >= 11 is 0. The van der Waals surface area contributed by atoms with Crippen LogP contribution in [0.5, 0.6) is 5.75 Å². The molecule has 21 heavy (non-hydrogen) atoms. The van der Waals surface area contributed by atoms with Gasteiger partial charge in [0, 0.05) is 26.6 Å². The molecule has 2 N–H and O–H groups in total. The number of benzene rings is 1. The molecule has 0 fully saturated rings. The lowest BCUT2D eigenvalue weighted by Gasteiger charge is -2.18. The fraction of sp³-hybridized carbons (Fsp3) is 0.467. The van der Waals surface area contributed by atoms with Gasteiger partial charge in [-0.2, -0.15) is 0 Å². The van der Waals surface area contributed by atoms with Gasteiger partial charge >= 0.3 is 12.0 Å². The fourth-order valence-electron chi connectivity index (χ4n) is 1.87. The summed E-state index contributed by atoms with van der Waals surface area (Å²) in [4.78, 5) is 23.7. The summed E-state index contributed by atoms with van der Waals surface area (Å²) in [5.74, 6) is -0.0402. The molecule has 1 aromatic rings. The second-order valence-electron chi connectivity index (χ2n) is 4.71. The van der Waals surface area contributed by atoms with Gasteiger partial charge in [0.1, 0.15) is 5.75 Å². The van der Waals surface area contributed by atoms with Gasteiger partial charge in [-0.25, -0.2) is 4.79 Å². The largest absolute Gasteiger partial charge is 0.496 e. The standard InChI is InChI=1S/C15H22N2O4/c1-17(15(20)16-10-5-8-14(18)19)11-9-12-6-3-4-7-13(12)21-2/h3-4,6-7H,5,8-11H2,1-2H3,(H,16,20)(H,18,19). The van der Waals surface area contributed by atoms with E-state index in [0.29, 0.717) is 25.9 Å². The predicted molar refractivity (Wildman–Crippen MR) is 79.6 cm³/mol. The van der Waals surface area contributed by atoms with Crippen LogP contribution in [0.25, 0.3) is 0 Å². The number of hydrogen-bond donors (Lipinski definition) is 2. The van der Waals surface area contributed by atoms with E-state index in [9.17, 15) is 9.59 Å². The molecule has 116 valence electrons. The maximum Gasteiger partial charge on any atom is 0.317 e. The summed E-state index contributed by atoms with van der Waals surface area (Å²) in [7, 11) is 3.33. The molecule has 0 spiro atoms. The van der Waals surface area contributed by atoms with Gasteiger partial charge in [0.25, 0.3) is 0 Å². The van der Waals surface area contributed by atoms with Gasteiger partial charge in [0.05, 0.1) is 7.11 Å². The summed E-state index contributed by atoms with van der Waals surface area (Å²) in [5.41, 5.74) is 1.05. The van der Waals surface area contributed by atoms with E-state index >= 15 is 0 Å². The molecule has 0 aliphatic carbocycles. The van der Waals surface area contributed by atoms with Gasteiger partial charge in [-0.05, 0) is 24.5 Å². The van der Waals surface area contributed by atoms with Crippen LogP contribution in [0, 0.1) is 0 Å². The minimum Gasteiger partial charge on any atom is -0.496 e. The Bertz CT molecular complexity index is 476. The fourth-order valence-corrected chi connectivity index (χ4v) is 1.87. The highest BCUT2D eigenvalue weighted by atomic mass is 16.5. The first-order chi connectivity index (χ1) is 10.0. The Balaban J connectivity index is 2.33. The number of nitrogens with zero attached hydrogens (tertiary/aromatic N) is 1. The average Bonchev–Trinajstić information content (AvgIpc) is 2.48. The number of carbonyl (C=O) groups is 2. The van der Waals surface area contributed by atoms with Crippen LogP contribution in [-0.4, -0.2) is 49.3 Å². The molecule has 6 heteroatoms. The molecular weight excluding hydrogens is 272 g/mol. The molecule has 0 saturated heterocycles. The van der Waals surface area contributed by atoms with E-state index in [2.05, 4.69) is 5.32 Å². The normalized spacial score (nSPS) is 10.0. The Morgan fingerprint density at radius 3 is 2.71 bits per heavy atom. The zero-order valence-electron chi connectivity index (χ0n) is 12.5. The minimum absolute atomic E-state index is 0.0607. The van der Waals surface area contributed by atoms with Crippen LogP contribution in [0.2, 0.25) is 0 Å². The summed E-state index contributed by atoms with van der Waals surface area (Å²) in [5, 5.41) is 11.2. The number of carboxylic acid groups (broad SMARTS) is 1. The van der Waals surface area contributed by atoms with E-state index in [4.69, 9.17) is 9.84 Å². The highest BCUT2D eigenvalue weighted by Gasteiger charge is 2.09. The number of para-hydroxylation sites is 1. The third kappa shape index (κ3) is 6.16. The molecule has 0 bridgehead atoms. The maximum atomic E-state index is 11.8. The molecule has 0 radical (unpaired) electrons. The van der Waals surface area contributed by atoms with Crippen molar-refractivity contribution in [3.63, 3.8) is 0 Å². The van der Waals surface area contributed by atoms with Crippen molar-refractivity contribution in [2.24, 2.45) is 0 Å². The van der Waals surface area contributed by atoms with Crippen molar-refractivity contribution in [3.05, 3.63) is 29.8 Å². The smallest absolute Gasteiger partial charge is 0.317 e. The zero-order chi connectivity index (χ0) is 15.7. The summed E-state index contributed by atoms with van der Waals surface area (Å²) < 4.78 is 5.27. The van der Waals surface area contributed by atoms with E-state index in [0.717, 1.165) is 11.3 Å². The first-order valence-electron chi connectivity index (χ1n) is 6.87. The monoisotopic (exact) mass is 294 g/mol. The molecule has 0 aliphatic heterocycles. The highest BCUT2D eigenvalue weighted by molar-refractivity contribution is 5.74. The van der Waals surface area contributed by atoms with Gasteiger partial charge < -0.3 is 20.1 Å². The minimum atomic E-state index is -0.853. The number of amides is 2. The van der Waals surface area contributed by atoms with E-state index in [1.54, 1.807) is 19.1 Å². The number of carbonyl (C=O) groups excluding carboxylic acids is 1. The van der Waals surface area contributed by atoms with Gasteiger partial charge in [0.2, 0.25) is 0 Å². The number of rotatable bonds is 8. The van der Waals surface area contributed by atoms with Crippen molar-refractivity contribution < 1.29 is 19.4 Å². The van der Waals surface area contributed by atoms with Crippen molar-refractivity contribution in [2.45, 2.75) is 19.3 Å². The van der Waals surface area contributed by atoms with Gasteiger partial charge in [0.15, 0.2) is 0 Å². The topological polar surface area (TPSA) is 78.9 Å². The zero-order valence-corrected chi connectivity index (χ0v) is 12.5. The lowest BCUT2D eigenvalue weighted by atomic mass is 10.1. The van der Waals surface area contributed by atoms with Crippen LogP contribution in [-0.2, 0) is 11.2 Å². The SMILES string of the molecule is COc1ccccc1CCN(C)C(=O)NCCCC(=O)O. The molecule has 1 rings (SSSR count). The summed E-state index contributed by atoms with van der Waals surface area (Å²) in [6, 6.07) is 7.50. The number of ether oxygens (including phenoxy) is 1. The Morgan fingerprint density at radius 2 is 2.05 bits per heavy atom. The van der Waals surface area contributed by atoms with Crippen LogP contribution >= 0.6 is 0 Å². The predicted octanol–water partition coefficient (Wildman–Crippen LogP) is 1.74. The molecule has 0 saturated carbocycles. The molecule has 0 unspecified atom stereocenters. The second kappa shape index (κ2) is 8.84. The second-order valence-corrected chi connectivity index (χ2v) is 4.71. The number of aliphatic carboxylic acids is 1. The Hall–Kier alpha value is -2.24. The van der Waals surface area contributed by atoms with Crippen LogP contribution in [0.3, 0.4) is 0 Å². The molecule has 0 atom stereocenters. The van der Waals surface area contributed by atoms with Crippen molar-refractivity contribution in [1.29, 1.82) is 0 Å². The number of urea groups is 1. The molecule has 6 nitrogen and oxygen atoms in total. The van der Waals surface area contributed by atoms with Crippen molar-refractivity contribution in [2.75, 3.05) is 27.2 Å². The molecule has 1 aromatic carbocycles.